The van der Waals surface area contributed by atoms with Crippen molar-refractivity contribution >= 4 is 21.8 Å². The number of primary amides is 1. The van der Waals surface area contributed by atoms with Gasteiger partial charge in [0.1, 0.15) is 0 Å². The first kappa shape index (κ1) is 15.7. The molecular weight excluding hydrogens is 316 g/mol. The molecule has 0 fully saturated rings. The van der Waals surface area contributed by atoms with Gasteiger partial charge in [0.05, 0.1) is 18.2 Å². The van der Waals surface area contributed by atoms with Crippen LogP contribution in [0.4, 0.5) is 0 Å². The van der Waals surface area contributed by atoms with E-state index < -0.39 is 5.91 Å². The third kappa shape index (κ3) is 5.06. The first-order valence-corrected chi connectivity index (χ1v) is 6.47. The van der Waals surface area contributed by atoms with Crippen LogP contribution in [0.25, 0.3) is 0 Å². The van der Waals surface area contributed by atoms with Crippen molar-refractivity contribution in [2.75, 3.05) is 26.9 Å². The first-order valence-electron chi connectivity index (χ1n) is 5.67. The molecule has 0 bridgehead atoms. The average Bonchev–Trinajstić information content (AvgIpc) is 2.37. The molecular formula is C12H17BrN2O4. The van der Waals surface area contributed by atoms with Crippen LogP contribution in [0.3, 0.4) is 0 Å². The van der Waals surface area contributed by atoms with E-state index in [9.17, 15) is 4.79 Å². The third-order valence-corrected chi connectivity index (χ3v) is 2.85. The second-order valence-electron chi connectivity index (χ2n) is 3.76. The van der Waals surface area contributed by atoms with Gasteiger partial charge in [-0.2, -0.15) is 0 Å². The van der Waals surface area contributed by atoms with Crippen LogP contribution in [0.15, 0.2) is 16.6 Å². The summed E-state index contributed by atoms with van der Waals surface area (Å²) in [4.78, 5) is 10.7. The molecule has 0 unspecified atom stereocenters. The molecule has 0 aliphatic heterocycles. The van der Waals surface area contributed by atoms with Crippen LogP contribution in [0, 0.1) is 0 Å². The summed E-state index contributed by atoms with van der Waals surface area (Å²) in [5.74, 6) is 0.395. The molecule has 0 saturated carbocycles. The van der Waals surface area contributed by atoms with Crippen molar-refractivity contribution in [1.82, 2.24) is 5.32 Å². The van der Waals surface area contributed by atoms with Crippen molar-refractivity contribution in [3.05, 3.63) is 22.2 Å². The Balaban J connectivity index is 2.84. The normalized spacial score (nSPS) is 10.3. The maximum Gasteiger partial charge on any atom is 0.255 e. The molecule has 0 radical (unpaired) electrons. The second kappa shape index (κ2) is 7.98. The highest BCUT2D eigenvalue weighted by Gasteiger charge is 2.12. The minimum Gasteiger partial charge on any atom is -0.493 e. The standard InChI is InChI=1S/C12H17BrN2O4/c1-18-10-5-8(6-15-2-3-16)4-9(13)12(10)19-7-11(14)17/h4-5,15-16H,2-3,6-7H2,1H3,(H2,14,17). The molecule has 7 heteroatoms. The van der Waals surface area contributed by atoms with Crippen molar-refractivity contribution in [2.45, 2.75) is 6.54 Å². The molecule has 0 atom stereocenters. The summed E-state index contributed by atoms with van der Waals surface area (Å²) in [6.07, 6.45) is 0. The van der Waals surface area contributed by atoms with E-state index in [1.54, 1.807) is 6.07 Å². The molecule has 106 valence electrons. The lowest BCUT2D eigenvalue weighted by Gasteiger charge is -2.13. The van der Waals surface area contributed by atoms with Gasteiger partial charge in [-0.15, -0.1) is 0 Å². The van der Waals surface area contributed by atoms with E-state index in [4.69, 9.17) is 20.3 Å². The molecule has 0 aliphatic carbocycles. The Morgan fingerprint density at radius 1 is 1.53 bits per heavy atom. The summed E-state index contributed by atoms with van der Waals surface area (Å²) in [5.41, 5.74) is 6.00. The molecule has 1 amide bonds. The monoisotopic (exact) mass is 332 g/mol. The number of aliphatic hydroxyl groups excluding tert-OH is 1. The van der Waals surface area contributed by atoms with Crippen LogP contribution in [0.1, 0.15) is 5.56 Å². The number of carbonyl (C=O) groups excluding carboxylic acids is 1. The van der Waals surface area contributed by atoms with Crippen LogP contribution < -0.4 is 20.5 Å². The molecule has 0 aliphatic rings. The van der Waals surface area contributed by atoms with Crippen molar-refractivity contribution in [3.8, 4) is 11.5 Å². The van der Waals surface area contributed by atoms with Gasteiger partial charge in [0, 0.05) is 13.1 Å². The number of benzene rings is 1. The van der Waals surface area contributed by atoms with E-state index in [0.29, 0.717) is 29.1 Å². The number of rotatable bonds is 8. The van der Waals surface area contributed by atoms with Gasteiger partial charge in [-0.25, -0.2) is 0 Å². The molecule has 4 N–H and O–H groups in total. The number of carbonyl (C=O) groups is 1. The molecule has 1 aromatic rings. The number of ether oxygens (including phenoxy) is 2. The minimum atomic E-state index is -0.553. The number of hydrogen-bond donors (Lipinski definition) is 3. The highest BCUT2D eigenvalue weighted by molar-refractivity contribution is 9.10. The molecule has 6 nitrogen and oxygen atoms in total. The van der Waals surface area contributed by atoms with Gasteiger partial charge < -0.3 is 25.6 Å². The topological polar surface area (TPSA) is 93.8 Å². The molecule has 1 aromatic carbocycles. The quantitative estimate of drug-likeness (QED) is 0.599. The van der Waals surface area contributed by atoms with Crippen molar-refractivity contribution in [1.29, 1.82) is 0 Å². The minimum absolute atomic E-state index is 0.0815. The number of amides is 1. The molecule has 19 heavy (non-hydrogen) atoms. The molecule has 0 saturated heterocycles. The van der Waals surface area contributed by atoms with E-state index in [2.05, 4.69) is 21.2 Å². The van der Waals surface area contributed by atoms with E-state index in [-0.39, 0.29) is 13.2 Å². The molecule has 0 spiro atoms. The predicted molar refractivity (Wildman–Crippen MR) is 74.2 cm³/mol. The fourth-order valence-electron chi connectivity index (χ4n) is 1.47. The van der Waals surface area contributed by atoms with Gasteiger partial charge in [-0.1, -0.05) is 0 Å². The Morgan fingerprint density at radius 3 is 2.84 bits per heavy atom. The van der Waals surface area contributed by atoms with Crippen LogP contribution in [-0.4, -0.2) is 37.9 Å². The highest BCUT2D eigenvalue weighted by atomic mass is 79.9. The van der Waals surface area contributed by atoms with E-state index in [0.717, 1.165) is 5.56 Å². The van der Waals surface area contributed by atoms with E-state index in [1.807, 2.05) is 6.07 Å². The van der Waals surface area contributed by atoms with Gasteiger partial charge in [-0.3, -0.25) is 4.79 Å². The summed E-state index contributed by atoms with van der Waals surface area (Å²) in [7, 11) is 1.52. The van der Waals surface area contributed by atoms with Crippen molar-refractivity contribution < 1.29 is 19.4 Å². The van der Waals surface area contributed by atoms with Crippen molar-refractivity contribution in [2.24, 2.45) is 5.73 Å². The number of hydrogen-bond acceptors (Lipinski definition) is 5. The van der Waals surface area contributed by atoms with Gasteiger partial charge in [0.25, 0.3) is 5.91 Å². The lowest BCUT2D eigenvalue weighted by molar-refractivity contribution is -0.119. The summed E-state index contributed by atoms with van der Waals surface area (Å²) in [6.45, 7) is 0.973. The second-order valence-corrected chi connectivity index (χ2v) is 4.62. The van der Waals surface area contributed by atoms with Gasteiger partial charge in [0.15, 0.2) is 18.1 Å². The fraction of sp³-hybridized carbons (Fsp3) is 0.417. The van der Waals surface area contributed by atoms with Crippen LogP contribution >= 0.6 is 15.9 Å². The smallest absolute Gasteiger partial charge is 0.255 e. The zero-order chi connectivity index (χ0) is 14.3. The summed E-state index contributed by atoms with van der Waals surface area (Å²) >= 11 is 3.36. The van der Waals surface area contributed by atoms with E-state index in [1.165, 1.54) is 7.11 Å². The lowest BCUT2D eigenvalue weighted by Crippen LogP contribution is -2.20. The zero-order valence-electron chi connectivity index (χ0n) is 10.6. The summed E-state index contributed by atoms with van der Waals surface area (Å²) in [6, 6.07) is 3.65. The maximum absolute atomic E-state index is 10.7. The maximum atomic E-state index is 10.7. The Hall–Kier alpha value is -1.31. The largest absolute Gasteiger partial charge is 0.493 e. The number of nitrogens with two attached hydrogens (primary N) is 1. The first-order chi connectivity index (χ1) is 9.08. The Labute approximate surface area is 120 Å². The number of methoxy groups -OCH3 is 1. The number of nitrogens with one attached hydrogen (secondary N) is 1. The van der Waals surface area contributed by atoms with Crippen LogP contribution in [0.5, 0.6) is 11.5 Å². The fourth-order valence-corrected chi connectivity index (χ4v) is 2.07. The van der Waals surface area contributed by atoms with Crippen LogP contribution in [-0.2, 0) is 11.3 Å². The van der Waals surface area contributed by atoms with Crippen molar-refractivity contribution in [3.63, 3.8) is 0 Å². The molecule has 0 heterocycles. The summed E-state index contributed by atoms with van der Waals surface area (Å²) < 4.78 is 11.2. The SMILES string of the molecule is COc1cc(CNCCO)cc(Br)c1OCC(N)=O. The average molecular weight is 333 g/mol. The Bertz CT molecular complexity index is 440. The highest BCUT2D eigenvalue weighted by Crippen LogP contribution is 2.36. The van der Waals surface area contributed by atoms with Crippen LogP contribution in [0.2, 0.25) is 0 Å². The Morgan fingerprint density at radius 2 is 2.26 bits per heavy atom. The zero-order valence-corrected chi connectivity index (χ0v) is 12.2. The van der Waals surface area contributed by atoms with Gasteiger partial charge in [-0.05, 0) is 33.6 Å². The summed E-state index contributed by atoms with van der Waals surface area (Å²) in [5, 5.41) is 11.8. The molecule has 0 aromatic heterocycles. The Kier molecular flexibility index (Phi) is 6.61. The molecule has 1 rings (SSSR count). The van der Waals surface area contributed by atoms with Gasteiger partial charge in [0.2, 0.25) is 0 Å². The third-order valence-electron chi connectivity index (χ3n) is 2.27. The van der Waals surface area contributed by atoms with Gasteiger partial charge >= 0.3 is 0 Å². The van der Waals surface area contributed by atoms with E-state index >= 15 is 0 Å². The predicted octanol–water partition coefficient (Wildman–Crippen LogP) is 0.404. The number of halogens is 1. The number of aliphatic hydroxyl groups is 1. The lowest BCUT2D eigenvalue weighted by atomic mass is 10.2.